The molecule has 9 heterocycles. The van der Waals surface area contributed by atoms with E-state index >= 15 is 0 Å². The van der Waals surface area contributed by atoms with Crippen molar-refractivity contribution in [3.05, 3.63) is 216 Å². The lowest BCUT2D eigenvalue weighted by atomic mass is 9.66. The third-order valence-electron chi connectivity index (χ3n) is 23.7. The highest BCUT2D eigenvalue weighted by atomic mass is 79.9. The summed E-state index contributed by atoms with van der Waals surface area (Å²) in [6.45, 7) is 18.1. The van der Waals surface area contributed by atoms with Gasteiger partial charge in [-0.2, -0.15) is 9.59 Å². The van der Waals surface area contributed by atoms with Crippen molar-refractivity contribution in [1.82, 2.24) is 30.4 Å². The van der Waals surface area contributed by atoms with Gasteiger partial charge in [-0.15, -0.1) is 34.0 Å². The Hall–Kier alpha value is -7.45. The van der Waals surface area contributed by atoms with Crippen molar-refractivity contribution in [2.45, 2.75) is 144 Å². The number of carbonyl (C=O) groups excluding carboxylic acids is 3. The van der Waals surface area contributed by atoms with Crippen molar-refractivity contribution >= 4 is 174 Å². The summed E-state index contributed by atoms with van der Waals surface area (Å²) in [6.07, 6.45) is 10.8. The third-order valence-corrected chi connectivity index (χ3v) is 29.4. The van der Waals surface area contributed by atoms with Gasteiger partial charge in [0.05, 0.1) is 142 Å². The number of nitrogens with zero attached hydrogens (tertiary/aromatic N) is 8. The number of rotatable bonds is 17. The van der Waals surface area contributed by atoms with Gasteiger partial charge < -0.3 is 52.2 Å². The van der Waals surface area contributed by atoms with Crippen LogP contribution in [0.5, 0.6) is 0 Å². The molecule has 6 aromatic carbocycles. The summed E-state index contributed by atoms with van der Waals surface area (Å²) >= 11 is 46.8. The highest BCUT2D eigenvalue weighted by Gasteiger charge is 2.57. The molecule has 22 nitrogen and oxygen atoms in total. The maximum Gasteiger partial charge on any atom is 0.373 e. The topological polar surface area (TPSA) is 273 Å². The summed E-state index contributed by atoms with van der Waals surface area (Å²) in [4.78, 5) is 49.2. The van der Waals surface area contributed by atoms with E-state index < -0.39 is 11.2 Å². The molecule has 6 unspecified atom stereocenters. The van der Waals surface area contributed by atoms with Crippen molar-refractivity contribution < 1.29 is 66.6 Å². The minimum atomic E-state index is -1.09. The molecule has 21 rings (SSSR count). The number of hydrogen-bond acceptors (Lipinski definition) is 23. The lowest BCUT2D eigenvalue weighted by molar-refractivity contribution is -0.209. The van der Waals surface area contributed by atoms with Gasteiger partial charge in [-0.05, 0) is 166 Å². The number of benzene rings is 6. The Morgan fingerprint density at radius 1 is 0.445 bits per heavy atom. The van der Waals surface area contributed by atoms with Crippen LogP contribution < -0.4 is 0 Å². The molecule has 0 amide bonds. The fraction of sp³-hybridized carbons (Fsp3) is 0.402. The van der Waals surface area contributed by atoms with Gasteiger partial charge in [0, 0.05) is 96.0 Å². The van der Waals surface area contributed by atoms with Gasteiger partial charge in [0.15, 0.2) is 15.3 Å². The predicted molar refractivity (Wildman–Crippen MR) is 456 cm³/mol. The number of aliphatic hydroxyl groups is 2. The summed E-state index contributed by atoms with van der Waals surface area (Å²) in [6, 6.07) is 35.3. The molecule has 6 saturated carbocycles. The van der Waals surface area contributed by atoms with E-state index in [0.29, 0.717) is 202 Å². The zero-order chi connectivity index (χ0) is 82.4. The molecule has 3 saturated heterocycles. The second-order valence-corrected chi connectivity index (χ2v) is 38.2. The molecular weight excluding hydrogens is 1770 g/mol. The zero-order valence-electron chi connectivity index (χ0n) is 63.5. The number of para-hydroxylation sites is 1. The maximum absolute atomic E-state index is 12.3. The Kier molecular flexibility index (Phi) is 25.5. The largest absolute Gasteiger partial charge is 0.382 e. The molecule has 614 valence electrons. The van der Waals surface area contributed by atoms with Crippen LogP contribution in [0.2, 0.25) is 30.1 Å². The number of thiazole rings is 3. The fourth-order valence-corrected chi connectivity index (χ4v) is 22.9. The van der Waals surface area contributed by atoms with E-state index in [1.807, 2.05) is 72.8 Å². The van der Waals surface area contributed by atoms with Crippen LogP contribution in [-0.2, 0) is 73.8 Å². The number of fused-ring (bicyclic) bond motifs is 9. The van der Waals surface area contributed by atoms with Gasteiger partial charge in [0.1, 0.15) is 61.4 Å². The average molecular weight is 1850 g/mol. The number of Topliss-reactive ketones (excluding diaryl/α,β-unsaturated/α-hetero) is 1. The van der Waals surface area contributed by atoms with Gasteiger partial charge in [-0.3, -0.25) is 4.79 Å². The molecule has 6 aliphatic carbocycles. The van der Waals surface area contributed by atoms with Crippen molar-refractivity contribution in [3.63, 3.8) is 0 Å². The summed E-state index contributed by atoms with van der Waals surface area (Å²) in [5.41, 5.74) is 8.55. The molecule has 0 radical (unpaired) electrons. The van der Waals surface area contributed by atoms with Crippen LogP contribution in [-0.4, -0.2) is 111 Å². The van der Waals surface area contributed by atoms with E-state index in [9.17, 15) is 15.0 Å². The van der Waals surface area contributed by atoms with Crippen LogP contribution in [0, 0.1) is 48.7 Å². The lowest BCUT2D eigenvalue weighted by Gasteiger charge is -2.50. The average Bonchev–Trinajstić information content (AvgIpc) is 1.12. The molecule has 9 aliphatic rings. The molecule has 32 heteroatoms. The van der Waals surface area contributed by atoms with Gasteiger partial charge in [-0.1, -0.05) is 128 Å². The van der Waals surface area contributed by atoms with Gasteiger partial charge >= 0.3 is 6.15 Å². The lowest BCUT2D eigenvalue weighted by Crippen LogP contribution is -2.55. The first-order valence-corrected chi connectivity index (χ1v) is 44.7. The van der Waals surface area contributed by atoms with Crippen LogP contribution in [0.3, 0.4) is 0 Å². The standard InChI is InChI=1S/C29H25Cl2N3O4S.C28H26Cl2N2O4S.C21H21Cl2NO4.C8H3BrN2S.CO2/c1-32-18-7-8-23-24(11-18)39-28(33-23)29(35)16-9-19(10-17(29)13-36-12-16)37-14-20-26(34-38-27(20)15-5-6-15)25-21(30)3-2-4-22(25)31;29-20-4-3-5-21(30)24(20)25-19(26(36-32-25)15-8-9-15)14-35-18-10-16-12-34-13-17(11-18)28(16,33)27-31-22-6-1-2-7-23(22)37-27;22-16-2-1-3-17(23)18(16)19-15(21(28-24-19)11-4-5-11)10-27-14-6-12-8-26-9-13(7-14)20(12)25;1-10-5-2-3-6-7(4-5)12-8(9)11-6;2-1-3/h2-4,7-8,11,15-17,19,35H,5-6,9-10,12-14H2;1-7,15-18,33H,8-14H2;1-3,11-14H,4-10H2;2-4H;. The van der Waals surface area contributed by atoms with Crippen molar-refractivity contribution in [1.29, 1.82) is 0 Å². The van der Waals surface area contributed by atoms with E-state index in [2.05, 4.69) is 52.1 Å². The van der Waals surface area contributed by atoms with Crippen molar-refractivity contribution in [3.8, 4) is 33.8 Å². The molecule has 119 heavy (non-hydrogen) atoms. The van der Waals surface area contributed by atoms with E-state index in [-0.39, 0.29) is 60.0 Å². The number of carbonyl (C=O) groups is 1. The molecule has 6 atom stereocenters. The normalized spacial score (nSPS) is 24.8. The van der Waals surface area contributed by atoms with Crippen LogP contribution >= 0.6 is 120 Å². The number of ketones is 1. The Labute approximate surface area is 733 Å². The van der Waals surface area contributed by atoms with Crippen LogP contribution in [0.4, 0.5) is 11.4 Å². The molecule has 9 fully saturated rings. The molecule has 0 spiro atoms. The van der Waals surface area contributed by atoms with E-state index in [1.54, 1.807) is 59.1 Å². The number of ether oxygens (including phenoxy) is 6. The smallest absolute Gasteiger partial charge is 0.373 e. The Balaban J connectivity index is 0.000000118. The summed E-state index contributed by atoms with van der Waals surface area (Å²) in [5.74, 6) is 3.46. The van der Waals surface area contributed by atoms with Crippen molar-refractivity contribution in [2.75, 3.05) is 39.6 Å². The molecule has 3 aliphatic heterocycles. The van der Waals surface area contributed by atoms with Crippen LogP contribution in [0.15, 0.2) is 133 Å². The first-order valence-electron chi connectivity index (χ1n) is 39.2. The molecule has 6 aromatic heterocycles. The minimum Gasteiger partial charge on any atom is -0.382 e. The predicted octanol–water partition coefficient (Wildman–Crippen LogP) is 22.5. The first-order chi connectivity index (χ1) is 57.8. The summed E-state index contributed by atoms with van der Waals surface area (Å²) in [5, 5.41) is 41.9. The minimum absolute atomic E-state index is 0.0231. The Morgan fingerprint density at radius 3 is 1.15 bits per heavy atom. The zero-order valence-corrected chi connectivity index (χ0v) is 72.1. The molecular formula is C87H75BrCl6N8O14S3. The SMILES string of the molecule is O=C1C2COCC1CC(OCc1c(-c3c(Cl)cccc3Cl)noc1C1CC1)C2.O=C=O.OC1(c2nc3ccccc3s2)C2COCC1CC(OCc1c(-c3c(Cl)cccc3Cl)noc1C1CC1)C2.[C-]#[N+]c1ccc2nc(Br)sc2c1.[C-]#[N+]c1ccc2nc(C3(O)C4COCC3CC(OCc3c(-c5c(Cl)cccc5Cl)noc3C3CC3)C4)sc2c1. The Morgan fingerprint density at radius 2 is 0.782 bits per heavy atom. The van der Waals surface area contributed by atoms with E-state index in [1.165, 1.54) is 11.3 Å². The number of halogens is 7. The van der Waals surface area contributed by atoms with Crippen LogP contribution in [0.25, 0.3) is 74.1 Å². The van der Waals surface area contributed by atoms with Gasteiger partial charge in [0.2, 0.25) is 0 Å². The maximum atomic E-state index is 12.3. The van der Waals surface area contributed by atoms with E-state index in [0.717, 1.165) is 112 Å². The second-order valence-electron chi connectivity index (χ2n) is 31.4. The molecule has 6 bridgehead atoms. The van der Waals surface area contributed by atoms with Crippen LogP contribution in [0.1, 0.15) is 139 Å². The second kappa shape index (κ2) is 36.2. The third kappa shape index (κ3) is 17.5. The van der Waals surface area contributed by atoms with Gasteiger partial charge in [-0.25, -0.2) is 24.6 Å². The fourth-order valence-electron chi connectivity index (χ4n) is 17.3. The van der Waals surface area contributed by atoms with Crippen molar-refractivity contribution in [2.24, 2.45) is 35.5 Å². The number of aromatic nitrogens is 6. The molecule has 2 N–H and O–H groups in total. The quantitative estimate of drug-likeness (QED) is 0.0802. The highest BCUT2D eigenvalue weighted by molar-refractivity contribution is 9.11. The van der Waals surface area contributed by atoms with Gasteiger partial charge in [0.25, 0.3) is 0 Å². The number of hydrogen-bond donors (Lipinski definition) is 2. The molecule has 12 aromatic rings. The Bertz CT molecular complexity index is 5770. The highest BCUT2D eigenvalue weighted by Crippen LogP contribution is 2.56. The summed E-state index contributed by atoms with van der Waals surface area (Å²) < 4.78 is 57.9. The van der Waals surface area contributed by atoms with E-state index in [4.69, 9.17) is 144 Å². The monoisotopic (exact) mass is 1840 g/mol. The summed E-state index contributed by atoms with van der Waals surface area (Å²) in [7, 11) is 0. The first kappa shape index (κ1) is 83.8.